The van der Waals surface area contributed by atoms with Crippen LogP contribution in [0.2, 0.25) is 0 Å². The van der Waals surface area contributed by atoms with Gasteiger partial charge in [-0.05, 0) is 55.0 Å². The zero-order valence-corrected chi connectivity index (χ0v) is 21.1. The maximum atomic E-state index is 12.9. The number of rotatable bonds is 11. The van der Waals surface area contributed by atoms with Gasteiger partial charge >= 0.3 is 0 Å². The molecular weight excluding hydrogens is 464 g/mol. The minimum absolute atomic E-state index is 0.0987. The zero-order chi connectivity index (χ0) is 24.9. The van der Waals surface area contributed by atoms with Gasteiger partial charge in [0.2, 0.25) is 0 Å². The van der Waals surface area contributed by atoms with Gasteiger partial charge in [-0.2, -0.15) is 0 Å². The average molecular weight is 499 g/mol. The maximum absolute atomic E-state index is 12.9. The minimum atomic E-state index is -0.494. The lowest BCUT2D eigenvalue weighted by Crippen LogP contribution is -2.42. The van der Waals surface area contributed by atoms with E-state index < -0.39 is 5.91 Å². The number of ether oxygens (including phenoxy) is 2. The molecule has 1 saturated heterocycles. The number of carbonyl (C=O) groups excluding carboxylic acids is 2. The first-order valence-electron chi connectivity index (χ1n) is 12.3. The number of hydrogen-bond donors (Lipinski definition) is 2. The Kier molecular flexibility index (Phi) is 10.9. The topological polar surface area (TPSA) is 92.8 Å². The van der Waals surface area contributed by atoms with Crippen LogP contribution in [-0.4, -0.2) is 59.7 Å². The second kappa shape index (κ2) is 14.4. The van der Waals surface area contributed by atoms with Crippen molar-refractivity contribution in [3.8, 4) is 5.75 Å². The lowest BCUT2D eigenvalue weighted by molar-refractivity contribution is 0.0298. The molecule has 1 aromatic heterocycles. The third kappa shape index (κ3) is 8.60. The van der Waals surface area contributed by atoms with Crippen LogP contribution in [0, 0.1) is 0 Å². The molecule has 8 nitrogen and oxygen atoms in total. The lowest BCUT2D eigenvalue weighted by Gasteiger charge is -2.27. The van der Waals surface area contributed by atoms with Crippen molar-refractivity contribution in [2.75, 3.05) is 38.2 Å². The van der Waals surface area contributed by atoms with Crippen LogP contribution in [-0.2, 0) is 4.74 Å². The number of carbonyl (C=O) groups is 2. The molecular formula is C26H34N4O4S. The Morgan fingerprint density at radius 1 is 1.06 bits per heavy atom. The molecule has 2 N–H and O–H groups in total. The summed E-state index contributed by atoms with van der Waals surface area (Å²) in [6, 6.07) is 10.6. The number of benzene rings is 1. The Hall–Kier alpha value is -3.04. The van der Waals surface area contributed by atoms with Gasteiger partial charge in [-0.1, -0.05) is 39.0 Å². The van der Waals surface area contributed by atoms with Gasteiger partial charge in [-0.15, -0.1) is 0 Å². The Balaban J connectivity index is 1.47. The predicted molar refractivity (Wildman–Crippen MR) is 140 cm³/mol. The molecule has 1 aliphatic heterocycles. The number of aromatic nitrogens is 1. The summed E-state index contributed by atoms with van der Waals surface area (Å²) in [6.07, 6.45) is 8.83. The van der Waals surface area contributed by atoms with Gasteiger partial charge in [0.25, 0.3) is 11.8 Å². The van der Waals surface area contributed by atoms with Crippen molar-refractivity contribution >= 4 is 34.8 Å². The molecule has 1 aromatic carbocycles. The summed E-state index contributed by atoms with van der Waals surface area (Å²) in [5.41, 5.74) is 0.992. The van der Waals surface area contributed by atoms with Crippen molar-refractivity contribution in [1.82, 2.24) is 15.2 Å². The summed E-state index contributed by atoms with van der Waals surface area (Å²) in [5, 5.41) is 5.75. The summed E-state index contributed by atoms with van der Waals surface area (Å²) in [5.74, 6) is 0.00117. The Bertz CT molecular complexity index is 978. The molecule has 0 bridgehead atoms. The van der Waals surface area contributed by atoms with Crippen LogP contribution in [0.3, 0.4) is 0 Å². The van der Waals surface area contributed by atoms with Crippen molar-refractivity contribution in [3.05, 3.63) is 53.9 Å². The third-order valence-corrected chi connectivity index (χ3v) is 5.86. The first-order chi connectivity index (χ1) is 17.1. The van der Waals surface area contributed by atoms with Crippen LogP contribution in [0.5, 0.6) is 5.75 Å². The first-order valence-corrected chi connectivity index (χ1v) is 12.7. The van der Waals surface area contributed by atoms with Crippen LogP contribution in [0.25, 0.3) is 0 Å². The molecule has 1 aliphatic rings. The highest BCUT2D eigenvalue weighted by Crippen LogP contribution is 2.17. The number of unbranched alkanes of at least 4 members (excludes halogenated alkanes) is 5. The van der Waals surface area contributed by atoms with Gasteiger partial charge in [-0.25, -0.2) is 0 Å². The SMILES string of the molecule is CCCCCCCCOc1ccc(NC(=S)NC(=O)c2cccnc2C(=O)N2CCOCC2)cc1. The predicted octanol–water partition coefficient (Wildman–Crippen LogP) is 4.42. The van der Waals surface area contributed by atoms with Gasteiger partial charge in [0, 0.05) is 25.0 Å². The standard InChI is InChI=1S/C26H34N4O4S/c1-2-3-4-5-6-7-17-34-21-12-10-20(11-13-21)28-26(35)29-24(31)22-9-8-14-27-23(22)25(32)30-15-18-33-19-16-30/h8-14H,2-7,15-19H2,1H3,(H2,28,29,31,35). The van der Waals surface area contributed by atoms with E-state index >= 15 is 0 Å². The van der Waals surface area contributed by atoms with Gasteiger partial charge in [0.15, 0.2) is 5.11 Å². The van der Waals surface area contributed by atoms with Gasteiger partial charge in [0.1, 0.15) is 11.4 Å². The number of nitrogens with one attached hydrogen (secondary N) is 2. The molecule has 3 rings (SSSR count). The number of nitrogens with zero attached hydrogens (tertiary/aromatic N) is 2. The molecule has 0 radical (unpaired) electrons. The van der Waals surface area contributed by atoms with E-state index in [9.17, 15) is 9.59 Å². The van der Waals surface area contributed by atoms with Gasteiger partial charge < -0.3 is 19.7 Å². The Labute approximate surface area is 212 Å². The van der Waals surface area contributed by atoms with E-state index in [-0.39, 0.29) is 22.3 Å². The highest BCUT2D eigenvalue weighted by atomic mass is 32.1. The molecule has 2 amide bonds. The fourth-order valence-electron chi connectivity index (χ4n) is 3.71. The van der Waals surface area contributed by atoms with E-state index in [2.05, 4.69) is 22.5 Å². The fourth-order valence-corrected chi connectivity index (χ4v) is 3.93. The quantitative estimate of drug-likeness (QED) is 0.350. The monoisotopic (exact) mass is 498 g/mol. The maximum Gasteiger partial charge on any atom is 0.273 e. The van der Waals surface area contributed by atoms with Crippen molar-refractivity contribution in [2.45, 2.75) is 45.4 Å². The Morgan fingerprint density at radius 3 is 2.51 bits per heavy atom. The van der Waals surface area contributed by atoms with Crippen molar-refractivity contribution in [3.63, 3.8) is 0 Å². The normalized spacial score (nSPS) is 13.2. The van der Waals surface area contributed by atoms with E-state index in [0.29, 0.717) is 32.9 Å². The van der Waals surface area contributed by atoms with E-state index in [1.807, 2.05) is 24.3 Å². The molecule has 0 atom stereocenters. The van der Waals surface area contributed by atoms with Crippen molar-refractivity contribution in [1.29, 1.82) is 0 Å². The number of hydrogen-bond acceptors (Lipinski definition) is 6. The Morgan fingerprint density at radius 2 is 1.77 bits per heavy atom. The lowest BCUT2D eigenvalue weighted by atomic mass is 10.1. The van der Waals surface area contributed by atoms with Crippen LogP contribution in [0.4, 0.5) is 5.69 Å². The minimum Gasteiger partial charge on any atom is -0.494 e. The van der Waals surface area contributed by atoms with Gasteiger partial charge in [0.05, 0.1) is 25.4 Å². The zero-order valence-electron chi connectivity index (χ0n) is 20.3. The van der Waals surface area contributed by atoms with Crippen LogP contribution in [0.1, 0.15) is 66.3 Å². The second-order valence-electron chi connectivity index (χ2n) is 8.35. The number of pyridine rings is 1. The van der Waals surface area contributed by atoms with Crippen molar-refractivity contribution in [2.24, 2.45) is 0 Å². The first kappa shape index (κ1) is 26.6. The number of thiocarbonyl (C=S) groups is 1. The van der Waals surface area contributed by atoms with E-state index in [1.165, 1.54) is 38.3 Å². The number of anilines is 1. The molecule has 0 spiro atoms. The molecule has 2 heterocycles. The molecule has 35 heavy (non-hydrogen) atoms. The third-order valence-electron chi connectivity index (χ3n) is 5.66. The average Bonchev–Trinajstić information content (AvgIpc) is 2.89. The summed E-state index contributed by atoms with van der Waals surface area (Å²) in [6.45, 7) is 4.79. The number of morpholine rings is 1. The van der Waals surface area contributed by atoms with E-state index in [4.69, 9.17) is 21.7 Å². The highest BCUT2D eigenvalue weighted by Gasteiger charge is 2.25. The van der Waals surface area contributed by atoms with Crippen LogP contribution in [0.15, 0.2) is 42.6 Å². The largest absolute Gasteiger partial charge is 0.494 e. The fraction of sp³-hybridized carbons (Fsp3) is 0.462. The number of amides is 2. The highest BCUT2D eigenvalue weighted by molar-refractivity contribution is 7.80. The summed E-state index contributed by atoms with van der Waals surface area (Å²) in [7, 11) is 0. The van der Waals surface area contributed by atoms with E-state index in [1.54, 1.807) is 17.0 Å². The molecule has 1 fully saturated rings. The molecule has 188 valence electrons. The van der Waals surface area contributed by atoms with Crippen molar-refractivity contribution < 1.29 is 19.1 Å². The van der Waals surface area contributed by atoms with Crippen LogP contribution < -0.4 is 15.4 Å². The smallest absolute Gasteiger partial charge is 0.273 e. The molecule has 2 aromatic rings. The summed E-state index contributed by atoms with van der Waals surface area (Å²) < 4.78 is 11.1. The second-order valence-corrected chi connectivity index (χ2v) is 8.76. The summed E-state index contributed by atoms with van der Waals surface area (Å²) >= 11 is 5.30. The molecule has 0 aliphatic carbocycles. The van der Waals surface area contributed by atoms with E-state index in [0.717, 1.165) is 17.9 Å². The van der Waals surface area contributed by atoms with Crippen LogP contribution >= 0.6 is 12.2 Å². The molecule has 9 heteroatoms. The molecule has 0 saturated carbocycles. The molecule has 0 unspecified atom stereocenters. The van der Waals surface area contributed by atoms with Gasteiger partial charge in [-0.3, -0.25) is 19.9 Å². The summed E-state index contributed by atoms with van der Waals surface area (Å²) in [4.78, 5) is 31.5.